The van der Waals surface area contributed by atoms with Crippen molar-refractivity contribution in [3.63, 3.8) is 0 Å². The number of hydrogen-bond acceptors (Lipinski definition) is 3. The highest BCUT2D eigenvalue weighted by Gasteiger charge is 2.29. The van der Waals surface area contributed by atoms with Crippen LogP contribution in [-0.4, -0.2) is 24.5 Å². The van der Waals surface area contributed by atoms with Gasteiger partial charge in [0.25, 0.3) is 10.0 Å². The fourth-order valence-electron chi connectivity index (χ4n) is 3.09. The maximum atomic E-state index is 13.1. The molecule has 128 valence electrons. The van der Waals surface area contributed by atoms with Crippen molar-refractivity contribution in [2.75, 3.05) is 10.8 Å². The van der Waals surface area contributed by atoms with Gasteiger partial charge < -0.3 is 4.57 Å². The van der Waals surface area contributed by atoms with Gasteiger partial charge in [-0.3, -0.25) is 4.31 Å². The lowest BCUT2D eigenvalue weighted by molar-refractivity contribution is 0.585. The van der Waals surface area contributed by atoms with E-state index in [0.717, 1.165) is 24.1 Å². The average molecular weight is 357 g/mol. The average Bonchev–Trinajstić information content (AvgIpc) is 3.16. The summed E-state index contributed by atoms with van der Waals surface area (Å²) in [6, 6.07) is 10.7. The molecule has 25 heavy (non-hydrogen) atoms. The molecule has 3 aromatic rings. The molecule has 0 saturated heterocycles. The highest BCUT2D eigenvalue weighted by atomic mass is 32.2. The van der Waals surface area contributed by atoms with Gasteiger partial charge in [0.05, 0.1) is 16.9 Å². The van der Waals surface area contributed by atoms with Gasteiger partial charge in [-0.25, -0.2) is 17.8 Å². The summed E-state index contributed by atoms with van der Waals surface area (Å²) in [4.78, 5) is 4.12. The Morgan fingerprint density at radius 1 is 1.08 bits per heavy atom. The summed E-state index contributed by atoms with van der Waals surface area (Å²) in [5.41, 5.74) is 2.50. The lowest BCUT2D eigenvalue weighted by Crippen LogP contribution is -2.35. The van der Waals surface area contributed by atoms with Crippen LogP contribution in [0.25, 0.3) is 5.69 Å². The summed E-state index contributed by atoms with van der Waals surface area (Å²) < 4.78 is 42.5. The van der Waals surface area contributed by atoms with E-state index in [0.29, 0.717) is 12.2 Å². The van der Waals surface area contributed by atoms with Crippen LogP contribution in [0.3, 0.4) is 0 Å². The summed E-state index contributed by atoms with van der Waals surface area (Å²) in [5, 5.41) is 0. The maximum absolute atomic E-state index is 13.1. The molecule has 0 bridgehead atoms. The minimum absolute atomic E-state index is 0.0924. The molecule has 2 aromatic carbocycles. The third-order valence-corrected chi connectivity index (χ3v) is 6.18. The van der Waals surface area contributed by atoms with Gasteiger partial charge in [-0.05, 0) is 54.8 Å². The van der Waals surface area contributed by atoms with Gasteiger partial charge >= 0.3 is 0 Å². The molecule has 0 fully saturated rings. The second-order valence-corrected chi connectivity index (χ2v) is 7.78. The molecule has 0 aliphatic carbocycles. The fourth-order valence-corrected chi connectivity index (χ4v) is 4.62. The van der Waals surface area contributed by atoms with Crippen LogP contribution >= 0.6 is 0 Å². The Bertz CT molecular complexity index is 999. The molecule has 0 N–H and O–H groups in total. The predicted octanol–water partition coefficient (Wildman–Crippen LogP) is 3.15. The van der Waals surface area contributed by atoms with Gasteiger partial charge in [0.15, 0.2) is 0 Å². The van der Waals surface area contributed by atoms with E-state index in [4.69, 9.17) is 0 Å². The maximum Gasteiger partial charge on any atom is 0.264 e. The molecule has 5 nitrogen and oxygen atoms in total. The van der Waals surface area contributed by atoms with Crippen LogP contribution in [0.5, 0.6) is 0 Å². The van der Waals surface area contributed by atoms with Gasteiger partial charge in [-0.2, -0.15) is 0 Å². The molecule has 4 rings (SSSR count). The van der Waals surface area contributed by atoms with Crippen LogP contribution in [0.4, 0.5) is 10.1 Å². The third-order valence-electron chi connectivity index (χ3n) is 4.35. The van der Waals surface area contributed by atoms with Crippen molar-refractivity contribution in [3.05, 3.63) is 72.6 Å². The molecule has 0 radical (unpaired) electrons. The minimum atomic E-state index is -3.74. The number of anilines is 1. The van der Waals surface area contributed by atoms with E-state index in [-0.39, 0.29) is 4.90 Å². The first kappa shape index (κ1) is 15.8. The number of benzene rings is 2. The van der Waals surface area contributed by atoms with Crippen LogP contribution in [-0.2, 0) is 16.4 Å². The number of imidazole rings is 1. The molecule has 1 aliphatic heterocycles. The van der Waals surface area contributed by atoms with Gasteiger partial charge in [-0.1, -0.05) is 6.07 Å². The molecule has 0 atom stereocenters. The fraction of sp³-hybridized carbons (Fsp3) is 0.167. The van der Waals surface area contributed by atoms with Gasteiger partial charge in [0.2, 0.25) is 0 Å². The summed E-state index contributed by atoms with van der Waals surface area (Å²) in [6.07, 6.45) is 6.73. The molecular formula is C18H16FN3O2S. The quantitative estimate of drug-likeness (QED) is 0.724. The molecule has 1 aromatic heterocycles. The number of sulfonamides is 1. The van der Waals surface area contributed by atoms with Crippen LogP contribution in [0, 0.1) is 5.82 Å². The Morgan fingerprint density at radius 2 is 1.88 bits per heavy atom. The summed E-state index contributed by atoms with van der Waals surface area (Å²) in [7, 11) is -3.74. The van der Waals surface area contributed by atoms with E-state index in [9.17, 15) is 12.8 Å². The first-order chi connectivity index (χ1) is 12.1. The smallest absolute Gasteiger partial charge is 0.264 e. The number of aryl methyl sites for hydroxylation is 1. The van der Waals surface area contributed by atoms with Crippen molar-refractivity contribution in [2.45, 2.75) is 17.7 Å². The van der Waals surface area contributed by atoms with Crippen LogP contribution in [0.2, 0.25) is 0 Å². The second kappa shape index (κ2) is 6.00. The Balaban J connectivity index is 1.80. The molecule has 0 saturated carbocycles. The standard InChI is InChI=1S/C18H16FN3O2S/c19-15-4-7-17(8-5-15)25(23,24)22-10-1-2-14-3-6-16(12-18(14)22)21-11-9-20-13-21/h3-9,11-13H,1-2,10H2. The van der Waals surface area contributed by atoms with Gasteiger partial charge in [0.1, 0.15) is 5.82 Å². The summed E-state index contributed by atoms with van der Waals surface area (Å²) in [5.74, 6) is -0.458. The topological polar surface area (TPSA) is 55.2 Å². The highest BCUT2D eigenvalue weighted by Crippen LogP contribution is 2.33. The lowest BCUT2D eigenvalue weighted by Gasteiger charge is -2.31. The molecule has 1 aliphatic rings. The minimum Gasteiger partial charge on any atom is -0.306 e. The van der Waals surface area contributed by atoms with E-state index in [1.807, 2.05) is 29.0 Å². The molecular weight excluding hydrogens is 341 g/mol. The summed E-state index contributed by atoms with van der Waals surface area (Å²) >= 11 is 0. The monoisotopic (exact) mass is 357 g/mol. The van der Waals surface area contributed by atoms with E-state index in [1.54, 1.807) is 12.5 Å². The Labute approximate surface area is 145 Å². The molecule has 0 spiro atoms. The zero-order chi connectivity index (χ0) is 17.4. The van der Waals surface area contributed by atoms with E-state index in [2.05, 4.69) is 4.98 Å². The molecule has 2 heterocycles. The van der Waals surface area contributed by atoms with E-state index < -0.39 is 15.8 Å². The van der Waals surface area contributed by atoms with Gasteiger partial charge in [-0.15, -0.1) is 0 Å². The van der Waals surface area contributed by atoms with Crippen molar-refractivity contribution in [3.8, 4) is 5.69 Å². The zero-order valence-electron chi connectivity index (χ0n) is 13.3. The largest absolute Gasteiger partial charge is 0.306 e. The Hall–Kier alpha value is -2.67. The number of fused-ring (bicyclic) bond motifs is 1. The van der Waals surface area contributed by atoms with E-state index in [1.165, 1.54) is 28.6 Å². The molecule has 0 amide bonds. The Morgan fingerprint density at radius 3 is 2.60 bits per heavy atom. The van der Waals surface area contributed by atoms with Crippen molar-refractivity contribution in [1.82, 2.24) is 9.55 Å². The molecule has 0 unspecified atom stereocenters. The number of hydrogen-bond donors (Lipinski definition) is 0. The van der Waals surface area contributed by atoms with Crippen molar-refractivity contribution < 1.29 is 12.8 Å². The summed E-state index contributed by atoms with van der Waals surface area (Å²) in [6.45, 7) is 0.403. The predicted molar refractivity (Wildman–Crippen MR) is 92.8 cm³/mol. The highest BCUT2D eigenvalue weighted by molar-refractivity contribution is 7.92. The number of halogens is 1. The SMILES string of the molecule is O=S(=O)(c1ccc(F)cc1)N1CCCc2ccc(-n3ccnc3)cc21. The Kier molecular flexibility index (Phi) is 3.80. The number of nitrogens with zero attached hydrogens (tertiary/aromatic N) is 3. The van der Waals surface area contributed by atoms with E-state index >= 15 is 0 Å². The molecule has 7 heteroatoms. The van der Waals surface area contributed by atoms with Crippen molar-refractivity contribution in [2.24, 2.45) is 0 Å². The van der Waals surface area contributed by atoms with Gasteiger partial charge in [0, 0.05) is 24.6 Å². The van der Waals surface area contributed by atoms with Crippen LogP contribution in [0.1, 0.15) is 12.0 Å². The first-order valence-corrected chi connectivity index (χ1v) is 9.39. The van der Waals surface area contributed by atoms with Crippen LogP contribution < -0.4 is 4.31 Å². The van der Waals surface area contributed by atoms with Crippen LogP contribution in [0.15, 0.2) is 66.1 Å². The lowest BCUT2D eigenvalue weighted by atomic mass is 10.0. The second-order valence-electron chi connectivity index (χ2n) is 5.92. The third kappa shape index (κ3) is 2.80. The zero-order valence-corrected chi connectivity index (χ0v) is 14.2. The normalized spacial score (nSPS) is 14.4. The van der Waals surface area contributed by atoms with Crippen molar-refractivity contribution in [1.29, 1.82) is 0 Å². The van der Waals surface area contributed by atoms with Crippen molar-refractivity contribution >= 4 is 15.7 Å². The number of aromatic nitrogens is 2. The first-order valence-electron chi connectivity index (χ1n) is 7.95. The number of rotatable bonds is 3.